The minimum absolute atomic E-state index is 0.131. The number of aromatic nitrogens is 2. The highest BCUT2D eigenvalue weighted by Gasteiger charge is 2.35. The number of hydrogen-bond donors (Lipinski definition) is 1. The average molecular weight is 336 g/mol. The highest BCUT2D eigenvalue weighted by molar-refractivity contribution is 5.41. The lowest BCUT2D eigenvalue weighted by Gasteiger charge is -2.31. The van der Waals surface area contributed by atoms with Crippen molar-refractivity contribution in [2.75, 3.05) is 18.5 Å². The van der Waals surface area contributed by atoms with E-state index < -0.39 is 23.4 Å². The van der Waals surface area contributed by atoms with Gasteiger partial charge in [0.25, 0.3) is 0 Å². The normalized spacial score (nSPS) is 23.1. The summed E-state index contributed by atoms with van der Waals surface area (Å²) in [7, 11) is 2.00. The van der Waals surface area contributed by atoms with Crippen molar-refractivity contribution in [2.24, 2.45) is 5.73 Å². The molecule has 0 unspecified atom stereocenters. The SMILES string of the molecule is CN1CCCn2c1nc1c2C[C@H](N)[C@@H](c2cc(F)c(F)cc2F)C1. The summed E-state index contributed by atoms with van der Waals surface area (Å²) in [5.74, 6) is -2.48. The van der Waals surface area contributed by atoms with Gasteiger partial charge in [0.05, 0.1) is 5.69 Å². The second-order valence-corrected chi connectivity index (χ2v) is 6.70. The van der Waals surface area contributed by atoms with Gasteiger partial charge in [0.2, 0.25) is 5.95 Å². The molecule has 0 saturated heterocycles. The van der Waals surface area contributed by atoms with Gasteiger partial charge in [0.15, 0.2) is 11.6 Å². The molecule has 0 bridgehead atoms. The summed E-state index contributed by atoms with van der Waals surface area (Å²) in [5, 5.41) is 0. The Kier molecular flexibility index (Phi) is 3.56. The van der Waals surface area contributed by atoms with Gasteiger partial charge in [-0.3, -0.25) is 0 Å². The lowest BCUT2D eigenvalue weighted by Crippen LogP contribution is -2.37. The molecule has 0 radical (unpaired) electrons. The van der Waals surface area contributed by atoms with Crippen LogP contribution in [0.2, 0.25) is 0 Å². The van der Waals surface area contributed by atoms with Crippen LogP contribution in [-0.4, -0.2) is 29.2 Å². The fourth-order valence-corrected chi connectivity index (χ4v) is 3.89. The van der Waals surface area contributed by atoms with Gasteiger partial charge >= 0.3 is 0 Å². The van der Waals surface area contributed by atoms with Crippen molar-refractivity contribution < 1.29 is 13.2 Å². The van der Waals surface area contributed by atoms with E-state index in [4.69, 9.17) is 10.7 Å². The average Bonchev–Trinajstić information content (AvgIpc) is 2.90. The number of rotatable bonds is 1. The van der Waals surface area contributed by atoms with Crippen LogP contribution in [0.5, 0.6) is 0 Å². The van der Waals surface area contributed by atoms with E-state index in [-0.39, 0.29) is 11.6 Å². The monoisotopic (exact) mass is 336 g/mol. The van der Waals surface area contributed by atoms with E-state index in [1.807, 2.05) is 7.05 Å². The van der Waals surface area contributed by atoms with Crippen LogP contribution in [0.15, 0.2) is 12.1 Å². The van der Waals surface area contributed by atoms with Crippen LogP contribution in [0, 0.1) is 17.5 Å². The zero-order valence-corrected chi connectivity index (χ0v) is 13.4. The molecule has 1 aliphatic carbocycles. The zero-order chi connectivity index (χ0) is 17.0. The van der Waals surface area contributed by atoms with Crippen molar-refractivity contribution in [3.8, 4) is 0 Å². The first-order valence-electron chi connectivity index (χ1n) is 8.15. The van der Waals surface area contributed by atoms with E-state index >= 15 is 0 Å². The fourth-order valence-electron chi connectivity index (χ4n) is 3.89. The number of benzene rings is 1. The molecule has 2 aromatic rings. The molecule has 7 heteroatoms. The molecule has 4 rings (SSSR count). The first-order chi connectivity index (χ1) is 11.5. The van der Waals surface area contributed by atoms with Crippen LogP contribution in [0.25, 0.3) is 0 Å². The minimum atomic E-state index is -1.18. The summed E-state index contributed by atoms with van der Waals surface area (Å²) in [5.41, 5.74) is 8.37. The molecule has 2 N–H and O–H groups in total. The molecule has 2 atom stereocenters. The van der Waals surface area contributed by atoms with Crippen molar-refractivity contribution in [3.05, 3.63) is 46.5 Å². The number of imidazole rings is 1. The predicted molar refractivity (Wildman–Crippen MR) is 84.6 cm³/mol. The second kappa shape index (κ2) is 5.51. The van der Waals surface area contributed by atoms with Crippen LogP contribution in [0.1, 0.15) is 29.3 Å². The topological polar surface area (TPSA) is 47.1 Å². The van der Waals surface area contributed by atoms with Crippen LogP contribution >= 0.6 is 0 Å². The van der Waals surface area contributed by atoms with E-state index in [9.17, 15) is 13.2 Å². The standard InChI is InChI=1S/C17H19F3N4/c1-23-3-2-4-24-16-8-14(21)10(6-15(16)22-17(23)24)9-5-12(19)13(20)7-11(9)18/h5,7,10,14H,2-4,6,8,21H2,1H3/t10-,14+/m1/s1. The molecule has 2 heterocycles. The Morgan fingerprint density at radius 1 is 1.08 bits per heavy atom. The predicted octanol–water partition coefficient (Wildman–Crippen LogP) is 2.35. The van der Waals surface area contributed by atoms with E-state index in [1.54, 1.807) is 0 Å². The molecule has 24 heavy (non-hydrogen) atoms. The maximum atomic E-state index is 14.2. The van der Waals surface area contributed by atoms with E-state index in [2.05, 4.69) is 9.47 Å². The lowest BCUT2D eigenvalue weighted by atomic mass is 9.80. The number of anilines is 1. The summed E-state index contributed by atoms with van der Waals surface area (Å²) in [6.45, 7) is 1.85. The molecule has 0 spiro atoms. The van der Waals surface area contributed by atoms with Crippen molar-refractivity contribution in [3.63, 3.8) is 0 Å². The highest BCUT2D eigenvalue weighted by atomic mass is 19.2. The third-order valence-electron chi connectivity index (χ3n) is 5.15. The molecule has 0 fully saturated rings. The zero-order valence-electron chi connectivity index (χ0n) is 13.4. The number of nitrogens with two attached hydrogens (primary N) is 1. The maximum absolute atomic E-state index is 14.2. The Hall–Kier alpha value is -2.02. The summed E-state index contributed by atoms with van der Waals surface area (Å²) < 4.78 is 43.1. The van der Waals surface area contributed by atoms with Crippen LogP contribution in [0.3, 0.4) is 0 Å². The van der Waals surface area contributed by atoms with Gasteiger partial charge < -0.3 is 15.2 Å². The molecular formula is C17H19F3N4. The lowest BCUT2D eigenvalue weighted by molar-refractivity contribution is 0.438. The summed E-state index contributed by atoms with van der Waals surface area (Å²) >= 11 is 0. The summed E-state index contributed by atoms with van der Waals surface area (Å²) in [4.78, 5) is 6.79. The minimum Gasteiger partial charge on any atom is -0.345 e. The largest absolute Gasteiger partial charge is 0.345 e. The van der Waals surface area contributed by atoms with Crippen LogP contribution in [0.4, 0.5) is 19.1 Å². The van der Waals surface area contributed by atoms with Gasteiger partial charge in [-0.15, -0.1) is 0 Å². The first kappa shape index (κ1) is 15.5. The Labute approximate surface area is 138 Å². The molecular weight excluding hydrogens is 317 g/mol. The van der Waals surface area contributed by atoms with Crippen molar-refractivity contribution in [1.29, 1.82) is 0 Å². The highest BCUT2D eigenvalue weighted by Crippen LogP contribution is 2.36. The Morgan fingerprint density at radius 2 is 1.83 bits per heavy atom. The van der Waals surface area contributed by atoms with Gasteiger partial charge in [-0.25, -0.2) is 18.2 Å². The molecule has 4 nitrogen and oxygen atoms in total. The molecule has 1 aromatic carbocycles. The number of nitrogens with zero attached hydrogens (tertiary/aromatic N) is 3. The molecule has 0 amide bonds. The molecule has 128 valence electrons. The van der Waals surface area contributed by atoms with E-state index in [0.717, 1.165) is 42.9 Å². The third kappa shape index (κ3) is 2.30. The maximum Gasteiger partial charge on any atom is 0.205 e. The molecule has 2 aliphatic rings. The number of fused-ring (bicyclic) bond motifs is 3. The third-order valence-corrected chi connectivity index (χ3v) is 5.15. The van der Waals surface area contributed by atoms with E-state index in [0.29, 0.717) is 18.9 Å². The smallest absolute Gasteiger partial charge is 0.205 e. The van der Waals surface area contributed by atoms with Gasteiger partial charge in [-0.2, -0.15) is 0 Å². The first-order valence-corrected chi connectivity index (χ1v) is 8.15. The van der Waals surface area contributed by atoms with Crippen molar-refractivity contribution in [2.45, 2.75) is 37.8 Å². The second-order valence-electron chi connectivity index (χ2n) is 6.70. The van der Waals surface area contributed by atoms with Crippen molar-refractivity contribution in [1.82, 2.24) is 9.55 Å². The summed E-state index contributed by atoms with van der Waals surface area (Å²) in [6.07, 6.45) is 2.04. The van der Waals surface area contributed by atoms with Gasteiger partial charge in [0, 0.05) is 56.7 Å². The van der Waals surface area contributed by atoms with E-state index in [1.165, 1.54) is 0 Å². The number of hydrogen-bond acceptors (Lipinski definition) is 3. The Bertz CT molecular complexity index is 802. The molecule has 0 saturated carbocycles. The summed E-state index contributed by atoms with van der Waals surface area (Å²) in [6, 6.07) is 1.17. The number of halogens is 3. The van der Waals surface area contributed by atoms with Crippen LogP contribution in [-0.2, 0) is 19.4 Å². The van der Waals surface area contributed by atoms with Gasteiger partial charge in [0.1, 0.15) is 5.82 Å². The van der Waals surface area contributed by atoms with Gasteiger partial charge in [-0.1, -0.05) is 0 Å². The molecule has 1 aliphatic heterocycles. The van der Waals surface area contributed by atoms with Gasteiger partial charge in [-0.05, 0) is 18.1 Å². The Balaban J connectivity index is 1.74. The Morgan fingerprint density at radius 3 is 2.62 bits per heavy atom. The van der Waals surface area contributed by atoms with Crippen molar-refractivity contribution >= 4 is 5.95 Å². The quantitative estimate of drug-likeness (QED) is 0.813. The molecule has 1 aromatic heterocycles. The fraction of sp³-hybridized carbons (Fsp3) is 0.471. The van der Waals surface area contributed by atoms with Crippen LogP contribution < -0.4 is 10.6 Å².